The van der Waals surface area contributed by atoms with Gasteiger partial charge in [-0.05, 0) is 43.2 Å². The molecule has 1 amide bonds. The fraction of sp³-hybridized carbons (Fsp3) is 0.316. The van der Waals surface area contributed by atoms with Gasteiger partial charge in [0.1, 0.15) is 5.69 Å². The van der Waals surface area contributed by atoms with E-state index in [2.05, 4.69) is 10.3 Å². The summed E-state index contributed by atoms with van der Waals surface area (Å²) < 4.78 is 10.9. The maximum Gasteiger partial charge on any atom is 0.337 e. The van der Waals surface area contributed by atoms with Crippen LogP contribution in [-0.4, -0.2) is 35.7 Å². The minimum absolute atomic E-state index is 0.0777. The van der Waals surface area contributed by atoms with Gasteiger partial charge in [0.25, 0.3) is 5.91 Å². The number of carbonyl (C=O) groups excluding carboxylic acids is 1. The van der Waals surface area contributed by atoms with Crippen LogP contribution in [-0.2, 0) is 6.54 Å². The summed E-state index contributed by atoms with van der Waals surface area (Å²) in [6, 6.07) is 8.23. The molecule has 0 spiro atoms. The third-order valence-corrected chi connectivity index (χ3v) is 3.69. The maximum absolute atomic E-state index is 12.2. The number of aryl methyl sites for hydroxylation is 1. The van der Waals surface area contributed by atoms with Crippen molar-refractivity contribution in [3.8, 4) is 11.5 Å². The number of methoxy groups -OCH3 is 1. The summed E-state index contributed by atoms with van der Waals surface area (Å²) in [5.41, 5.74) is 1.39. The molecule has 1 heterocycles. The lowest BCUT2D eigenvalue weighted by atomic mass is 10.1. The molecule has 0 fully saturated rings. The predicted octanol–water partition coefficient (Wildman–Crippen LogP) is 2.82. The summed E-state index contributed by atoms with van der Waals surface area (Å²) in [4.78, 5) is 27.3. The minimum Gasteiger partial charge on any atom is -0.493 e. The Bertz CT molecular complexity index is 805. The van der Waals surface area contributed by atoms with Crippen LogP contribution < -0.4 is 14.8 Å². The van der Waals surface area contributed by atoms with Crippen molar-refractivity contribution in [3.63, 3.8) is 0 Å². The van der Waals surface area contributed by atoms with Crippen LogP contribution in [0.1, 0.15) is 45.4 Å². The predicted molar refractivity (Wildman–Crippen MR) is 95.9 cm³/mol. The number of ether oxygens (including phenoxy) is 2. The molecule has 0 aliphatic carbocycles. The minimum atomic E-state index is -1.07. The zero-order valence-electron chi connectivity index (χ0n) is 15.0. The largest absolute Gasteiger partial charge is 0.493 e. The van der Waals surface area contributed by atoms with Gasteiger partial charge < -0.3 is 19.9 Å². The average molecular weight is 358 g/mol. The molecule has 0 saturated heterocycles. The van der Waals surface area contributed by atoms with E-state index in [-0.39, 0.29) is 23.7 Å². The van der Waals surface area contributed by atoms with Crippen LogP contribution in [0.15, 0.2) is 30.3 Å². The van der Waals surface area contributed by atoms with Crippen molar-refractivity contribution in [2.45, 2.75) is 26.8 Å². The van der Waals surface area contributed by atoms with Gasteiger partial charge in [-0.3, -0.25) is 4.79 Å². The van der Waals surface area contributed by atoms with Crippen LogP contribution in [0.4, 0.5) is 0 Å². The first kappa shape index (κ1) is 19.2. The van der Waals surface area contributed by atoms with Gasteiger partial charge in [0.05, 0.1) is 25.0 Å². The summed E-state index contributed by atoms with van der Waals surface area (Å²) in [6.07, 6.45) is 0.897. The Balaban J connectivity index is 2.05. The van der Waals surface area contributed by atoms with E-state index in [1.54, 1.807) is 26.2 Å². The number of carboxylic acid groups (broad SMARTS) is 1. The van der Waals surface area contributed by atoms with Gasteiger partial charge in [-0.25, -0.2) is 9.78 Å². The van der Waals surface area contributed by atoms with Crippen molar-refractivity contribution in [2.75, 3.05) is 13.7 Å². The molecule has 0 bridgehead atoms. The smallest absolute Gasteiger partial charge is 0.337 e. The van der Waals surface area contributed by atoms with Gasteiger partial charge in [0.15, 0.2) is 11.5 Å². The summed E-state index contributed by atoms with van der Waals surface area (Å²) in [5, 5.41) is 11.8. The number of rotatable bonds is 8. The Labute approximate surface area is 152 Å². The molecule has 138 valence electrons. The lowest BCUT2D eigenvalue weighted by molar-refractivity contribution is 0.0694. The van der Waals surface area contributed by atoms with Crippen LogP contribution in [0.2, 0.25) is 0 Å². The van der Waals surface area contributed by atoms with Crippen molar-refractivity contribution < 1.29 is 24.2 Å². The van der Waals surface area contributed by atoms with Crippen LogP contribution in [0.5, 0.6) is 11.5 Å². The number of carbonyl (C=O) groups is 2. The van der Waals surface area contributed by atoms with Crippen molar-refractivity contribution in [2.24, 2.45) is 0 Å². The number of nitrogens with zero attached hydrogens (tertiary/aromatic N) is 1. The lowest BCUT2D eigenvalue weighted by Crippen LogP contribution is -2.24. The second kappa shape index (κ2) is 8.84. The standard InChI is InChI=1S/C19H22N2O5/c1-4-9-26-16-8-5-13(10-17(16)25-3)11-20-18(22)15-7-6-14(19(23)24)12(2)21-15/h5-8,10H,4,9,11H2,1-3H3,(H,20,22)(H,23,24). The molecule has 2 N–H and O–H groups in total. The first-order valence-corrected chi connectivity index (χ1v) is 8.25. The number of nitrogens with one attached hydrogen (secondary N) is 1. The number of pyridine rings is 1. The SMILES string of the molecule is CCCOc1ccc(CNC(=O)c2ccc(C(=O)O)c(C)n2)cc1OC. The highest BCUT2D eigenvalue weighted by molar-refractivity contribution is 5.94. The number of hydrogen-bond acceptors (Lipinski definition) is 5. The average Bonchev–Trinajstić information content (AvgIpc) is 2.64. The molecule has 0 radical (unpaired) electrons. The normalized spacial score (nSPS) is 10.3. The summed E-state index contributed by atoms with van der Waals surface area (Å²) in [6.45, 7) is 4.46. The molecule has 26 heavy (non-hydrogen) atoms. The van der Waals surface area contributed by atoms with Crippen molar-refractivity contribution in [1.82, 2.24) is 10.3 Å². The van der Waals surface area contributed by atoms with E-state index in [0.717, 1.165) is 12.0 Å². The molecule has 7 heteroatoms. The van der Waals surface area contributed by atoms with Gasteiger partial charge in [-0.15, -0.1) is 0 Å². The molecule has 7 nitrogen and oxygen atoms in total. The highest BCUT2D eigenvalue weighted by Gasteiger charge is 2.13. The van der Waals surface area contributed by atoms with E-state index in [9.17, 15) is 9.59 Å². The fourth-order valence-electron chi connectivity index (χ4n) is 2.34. The first-order valence-electron chi connectivity index (χ1n) is 8.25. The monoisotopic (exact) mass is 358 g/mol. The summed E-state index contributed by atoms with van der Waals surface area (Å²) >= 11 is 0. The van der Waals surface area contributed by atoms with Crippen LogP contribution in [0.3, 0.4) is 0 Å². The highest BCUT2D eigenvalue weighted by atomic mass is 16.5. The number of benzene rings is 1. The second-order valence-corrected chi connectivity index (χ2v) is 5.65. The third kappa shape index (κ3) is 4.72. The Morgan fingerprint density at radius 1 is 1.19 bits per heavy atom. The Morgan fingerprint density at radius 3 is 2.58 bits per heavy atom. The summed E-state index contributed by atoms with van der Waals surface area (Å²) in [5.74, 6) is -0.189. The number of aromatic nitrogens is 1. The van der Waals surface area contributed by atoms with E-state index in [1.165, 1.54) is 12.1 Å². The molecule has 2 rings (SSSR count). The van der Waals surface area contributed by atoms with E-state index in [4.69, 9.17) is 14.6 Å². The molecule has 0 aliphatic rings. The van der Waals surface area contributed by atoms with E-state index in [1.807, 2.05) is 13.0 Å². The van der Waals surface area contributed by atoms with Gasteiger partial charge in [0, 0.05) is 6.54 Å². The molecular weight excluding hydrogens is 336 g/mol. The van der Waals surface area contributed by atoms with Crippen molar-refractivity contribution in [1.29, 1.82) is 0 Å². The van der Waals surface area contributed by atoms with Gasteiger partial charge >= 0.3 is 5.97 Å². The van der Waals surface area contributed by atoms with Crippen molar-refractivity contribution >= 4 is 11.9 Å². The molecule has 0 unspecified atom stereocenters. The molecule has 0 saturated carbocycles. The van der Waals surface area contributed by atoms with E-state index in [0.29, 0.717) is 23.8 Å². The Kier molecular flexibility index (Phi) is 6.54. The van der Waals surface area contributed by atoms with Crippen LogP contribution in [0, 0.1) is 6.92 Å². The zero-order valence-corrected chi connectivity index (χ0v) is 15.0. The number of hydrogen-bond donors (Lipinski definition) is 2. The second-order valence-electron chi connectivity index (χ2n) is 5.65. The number of carboxylic acids is 1. The van der Waals surface area contributed by atoms with Gasteiger partial charge in [-0.1, -0.05) is 13.0 Å². The zero-order chi connectivity index (χ0) is 19.1. The van der Waals surface area contributed by atoms with Crippen LogP contribution >= 0.6 is 0 Å². The number of amides is 1. The summed E-state index contributed by atoms with van der Waals surface area (Å²) in [7, 11) is 1.56. The number of aromatic carboxylic acids is 1. The van der Waals surface area contributed by atoms with E-state index >= 15 is 0 Å². The first-order chi connectivity index (χ1) is 12.5. The topological polar surface area (TPSA) is 97.8 Å². The van der Waals surface area contributed by atoms with Crippen LogP contribution in [0.25, 0.3) is 0 Å². The quantitative estimate of drug-likeness (QED) is 0.753. The molecule has 1 aromatic heterocycles. The Hall–Kier alpha value is -3.09. The molecule has 1 aromatic carbocycles. The maximum atomic E-state index is 12.2. The van der Waals surface area contributed by atoms with Gasteiger partial charge in [0.2, 0.25) is 0 Å². The third-order valence-electron chi connectivity index (χ3n) is 3.69. The molecule has 2 aromatic rings. The molecule has 0 atom stereocenters. The Morgan fingerprint density at radius 2 is 1.96 bits per heavy atom. The van der Waals surface area contributed by atoms with E-state index < -0.39 is 5.97 Å². The molecule has 0 aliphatic heterocycles. The van der Waals surface area contributed by atoms with Gasteiger partial charge in [-0.2, -0.15) is 0 Å². The van der Waals surface area contributed by atoms with Crippen molar-refractivity contribution in [3.05, 3.63) is 52.8 Å². The highest BCUT2D eigenvalue weighted by Crippen LogP contribution is 2.28. The fourth-order valence-corrected chi connectivity index (χ4v) is 2.34. The lowest BCUT2D eigenvalue weighted by Gasteiger charge is -2.12. The molecular formula is C19H22N2O5.